The third kappa shape index (κ3) is 3.38. The van der Waals surface area contributed by atoms with E-state index < -0.39 is 0 Å². The largest absolute Gasteiger partial charge is 0.486 e. The van der Waals surface area contributed by atoms with Crippen molar-refractivity contribution in [3.05, 3.63) is 24.5 Å². The quantitative estimate of drug-likeness (QED) is 0.711. The summed E-state index contributed by atoms with van der Waals surface area (Å²) in [4.78, 5) is 0. The molecule has 1 aromatic rings. The smallest absolute Gasteiger partial charge is 0.157 e. The Morgan fingerprint density at radius 3 is 3.12 bits per heavy atom. The SMILES string of the molecule is C=C(CNC1CC1)COc1cnn(CC)c1. The topological polar surface area (TPSA) is 39.1 Å². The van der Waals surface area contributed by atoms with Crippen LogP contribution in [0.5, 0.6) is 5.75 Å². The molecular formula is C12H19N3O. The van der Waals surface area contributed by atoms with E-state index in [2.05, 4.69) is 23.9 Å². The first-order valence-corrected chi connectivity index (χ1v) is 5.83. The normalized spacial score (nSPS) is 15.1. The van der Waals surface area contributed by atoms with E-state index in [1.165, 1.54) is 12.8 Å². The number of aryl methyl sites for hydroxylation is 1. The average Bonchev–Trinajstić information content (AvgIpc) is 3.01. The Balaban J connectivity index is 1.67. The predicted molar refractivity (Wildman–Crippen MR) is 63.6 cm³/mol. The van der Waals surface area contributed by atoms with Crippen molar-refractivity contribution in [3.8, 4) is 5.75 Å². The molecule has 0 spiro atoms. The molecule has 2 rings (SSSR count). The van der Waals surface area contributed by atoms with Crippen LogP contribution in [-0.2, 0) is 6.54 Å². The van der Waals surface area contributed by atoms with Crippen molar-refractivity contribution in [2.24, 2.45) is 0 Å². The maximum absolute atomic E-state index is 5.58. The van der Waals surface area contributed by atoms with Crippen molar-refractivity contribution >= 4 is 0 Å². The van der Waals surface area contributed by atoms with Gasteiger partial charge in [-0.15, -0.1) is 0 Å². The summed E-state index contributed by atoms with van der Waals surface area (Å²) in [5.74, 6) is 0.814. The Morgan fingerprint density at radius 2 is 2.50 bits per heavy atom. The minimum absolute atomic E-state index is 0.565. The van der Waals surface area contributed by atoms with Gasteiger partial charge in [-0.3, -0.25) is 4.68 Å². The molecule has 0 bridgehead atoms. The molecule has 0 amide bonds. The zero-order valence-electron chi connectivity index (χ0n) is 9.78. The van der Waals surface area contributed by atoms with Gasteiger partial charge >= 0.3 is 0 Å². The summed E-state index contributed by atoms with van der Waals surface area (Å²) in [6, 6.07) is 0.722. The summed E-state index contributed by atoms with van der Waals surface area (Å²) < 4.78 is 7.43. The highest BCUT2D eigenvalue weighted by Gasteiger charge is 2.20. The van der Waals surface area contributed by atoms with Crippen LogP contribution in [-0.4, -0.2) is 29.0 Å². The van der Waals surface area contributed by atoms with Crippen molar-refractivity contribution in [2.45, 2.75) is 32.4 Å². The molecule has 0 unspecified atom stereocenters. The summed E-state index contributed by atoms with van der Waals surface area (Å²) in [6.07, 6.45) is 6.25. The summed E-state index contributed by atoms with van der Waals surface area (Å²) in [5.41, 5.74) is 1.08. The fourth-order valence-electron chi connectivity index (χ4n) is 1.40. The molecule has 1 saturated carbocycles. The zero-order chi connectivity index (χ0) is 11.4. The van der Waals surface area contributed by atoms with Gasteiger partial charge in [0.05, 0.1) is 12.4 Å². The lowest BCUT2D eigenvalue weighted by molar-refractivity contribution is 0.347. The van der Waals surface area contributed by atoms with Crippen LogP contribution in [0.15, 0.2) is 24.5 Å². The van der Waals surface area contributed by atoms with E-state index in [1.807, 2.05) is 10.9 Å². The standard InChI is InChI=1S/C12H19N3O/c1-3-15-8-12(7-14-15)16-9-10(2)6-13-11-4-5-11/h7-8,11,13H,2-6,9H2,1H3. The van der Waals surface area contributed by atoms with E-state index in [4.69, 9.17) is 4.74 Å². The second-order valence-electron chi connectivity index (χ2n) is 4.23. The second kappa shape index (κ2) is 5.16. The molecule has 0 radical (unpaired) electrons. The van der Waals surface area contributed by atoms with Crippen LogP contribution < -0.4 is 10.1 Å². The monoisotopic (exact) mass is 221 g/mol. The predicted octanol–water partition coefficient (Wildman–Crippen LogP) is 1.59. The highest BCUT2D eigenvalue weighted by molar-refractivity contribution is 5.13. The maximum Gasteiger partial charge on any atom is 0.157 e. The molecule has 1 N–H and O–H groups in total. The van der Waals surface area contributed by atoms with Crippen LogP contribution in [0.2, 0.25) is 0 Å². The van der Waals surface area contributed by atoms with Gasteiger partial charge in [0.2, 0.25) is 0 Å². The third-order valence-electron chi connectivity index (χ3n) is 2.59. The van der Waals surface area contributed by atoms with Gasteiger partial charge in [-0.05, 0) is 25.3 Å². The first kappa shape index (κ1) is 11.2. The molecule has 4 nitrogen and oxygen atoms in total. The van der Waals surface area contributed by atoms with Gasteiger partial charge in [-0.1, -0.05) is 6.58 Å². The van der Waals surface area contributed by atoms with E-state index in [1.54, 1.807) is 6.20 Å². The molecule has 1 aliphatic rings. The summed E-state index contributed by atoms with van der Waals surface area (Å²) in [7, 11) is 0. The first-order valence-electron chi connectivity index (χ1n) is 5.83. The van der Waals surface area contributed by atoms with Gasteiger partial charge in [0.15, 0.2) is 5.75 Å². The molecule has 1 heterocycles. The van der Waals surface area contributed by atoms with Crippen LogP contribution in [0.4, 0.5) is 0 Å². The molecule has 0 aliphatic heterocycles. The fourth-order valence-corrected chi connectivity index (χ4v) is 1.40. The van der Waals surface area contributed by atoms with Gasteiger partial charge < -0.3 is 10.1 Å². The van der Waals surface area contributed by atoms with Crippen LogP contribution in [0, 0.1) is 0 Å². The van der Waals surface area contributed by atoms with E-state index in [9.17, 15) is 0 Å². The molecule has 0 atom stereocenters. The van der Waals surface area contributed by atoms with Gasteiger partial charge in [0.1, 0.15) is 6.61 Å². The molecule has 88 valence electrons. The lowest BCUT2D eigenvalue weighted by Gasteiger charge is -2.07. The van der Waals surface area contributed by atoms with Crippen LogP contribution in [0.1, 0.15) is 19.8 Å². The van der Waals surface area contributed by atoms with Gasteiger partial charge in [0, 0.05) is 19.1 Å². The Morgan fingerprint density at radius 1 is 1.69 bits per heavy atom. The van der Waals surface area contributed by atoms with Gasteiger partial charge in [-0.25, -0.2) is 0 Å². The van der Waals surface area contributed by atoms with Gasteiger partial charge in [0.25, 0.3) is 0 Å². The van der Waals surface area contributed by atoms with E-state index >= 15 is 0 Å². The number of hydrogen-bond acceptors (Lipinski definition) is 3. The number of nitrogens with one attached hydrogen (secondary N) is 1. The molecule has 16 heavy (non-hydrogen) atoms. The number of rotatable bonds is 7. The van der Waals surface area contributed by atoms with E-state index in [-0.39, 0.29) is 0 Å². The van der Waals surface area contributed by atoms with Crippen LogP contribution in [0.3, 0.4) is 0 Å². The molecule has 0 aromatic carbocycles. The number of ether oxygens (including phenoxy) is 1. The van der Waals surface area contributed by atoms with Crippen molar-refractivity contribution in [2.75, 3.05) is 13.2 Å². The van der Waals surface area contributed by atoms with Crippen molar-refractivity contribution < 1.29 is 4.74 Å². The molecular weight excluding hydrogens is 202 g/mol. The Hall–Kier alpha value is -1.29. The lowest BCUT2D eigenvalue weighted by Crippen LogP contribution is -2.21. The van der Waals surface area contributed by atoms with Crippen molar-refractivity contribution in [1.82, 2.24) is 15.1 Å². The van der Waals surface area contributed by atoms with E-state index in [0.29, 0.717) is 6.61 Å². The van der Waals surface area contributed by atoms with E-state index in [0.717, 1.165) is 30.5 Å². The third-order valence-corrected chi connectivity index (χ3v) is 2.59. The summed E-state index contributed by atoms with van der Waals surface area (Å²) in [5, 5.41) is 7.55. The molecule has 4 heteroatoms. The van der Waals surface area contributed by atoms with Crippen molar-refractivity contribution in [1.29, 1.82) is 0 Å². The zero-order valence-corrected chi connectivity index (χ0v) is 9.78. The molecule has 1 aliphatic carbocycles. The lowest BCUT2D eigenvalue weighted by atomic mass is 10.3. The first-order chi connectivity index (χ1) is 7.78. The Bertz CT molecular complexity index is 355. The highest BCUT2D eigenvalue weighted by Crippen LogP contribution is 2.18. The number of aromatic nitrogens is 2. The number of hydrogen-bond donors (Lipinski definition) is 1. The van der Waals surface area contributed by atoms with Crippen molar-refractivity contribution in [3.63, 3.8) is 0 Å². The minimum Gasteiger partial charge on any atom is -0.486 e. The second-order valence-corrected chi connectivity index (χ2v) is 4.23. The molecule has 0 saturated heterocycles. The molecule has 1 aromatic heterocycles. The number of nitrogens with zero attached hydrogens (tertiary/aromatic N) is 2. The molecule has 1 fully saturated rings. The Labute approximate surface area is 96.3 Å². The average molecular weight is 221 g/mol. The summed E-state index contributed by atoms with van der Waals surface area (Å²) in [6.45, 7) is 8.32. The Kier molecular flexibility index (Phi) is 3.62. The fraction of sp³-hybridized carbons (Fsp3) is 0.583. The minimum atomic E-state index is 0.565. The summed E-state index contributed by atoms with van der Waals surface area (Å²) >= 11 is 0. The van der Waals surface area contributed by atoms with Crippen LogP contribution in [0.25, 0.3) is 0 Å². The maximum atomic E-state index is 5.58. The van der Waals surface area contributed by atoms with Gasteiger partial charge in [-0.2, -0.15) is 5.10 Å². The highest BCUT2D eigenvalue weighted by atomic mass is 16.5. The van der Waals surface area contributed by atoms with Crippen LogP contribution >= 0.6 is 0 Å².